The molecule has 1 aromatic heterocycles. The van der Waals surface area contributed by atoms with Crippen LogP contribution in [-0.4, -0.2) is 9.78 Å². The second-order valence-electron chi connectivity index (χ2n) is 4.51. The third-order valence-corrected chi connectivity index (χ3v) is 3.45. The van der Waals surface area contributed by atoms with Gasteiger partial charge in [0.1, 0.15) is 5.82 Å². The zero-order chi connectivity index (χ0) is 13.1. The fourth-order valence-electron chi connectivity index (χ4n) is 1.98. The minimum Gasteiger partial charge on any atom is -0.384 e. The van der Waals surface area contributed by atoms with Crippen LogP contribution in [0.5, 0.6) is 0 Å². The number of nitrogen functional groups attached to an aromatic ring is 1. The Kier molecular flexibility index (Phi) is 4.07. The van der Waals surface area contributed by atoms with Crippen LogP contribution >= 0.6 is 15.9 Å². The van der Waals surface area contributed by atoms with Gasteiger partial charge < -0.3 is 5.73 Å². The van der Waals surface area contributed by atoms with Crippen molar-refractivity contribution in [2.75, 3.05) is 5.73 Å². The van der Waals surface area contributed by atoms with Gasteiger partial charge >= 0.3 is 0 Å². The molecule has 0 saturated heterocycles. The number of rotatable bonds is 4. The Bertz CT molecular complexity index is 546. The maximum Gasteiger partial charge on any atom is 0.127 e. The van der Waals surface area contributed by atoms with Crippen molar-refractivity contribution in [2.45, 2.75) is 33.1 Å². The standard InChI is InChI=1S/C14H18BrN3/c1-3-4-5-12-9-14(16)18(17-12)13-7-6-11(15)8-10(13)2/h6-9H,3-5,16H2,1-2H3. The van der Waals surface area contributed by atoms with Gasteiger partial charge in [-0.1, -0.05) is 29.3 Å². The molecule has 0 radical (unpaired) electrons. The quantitative estimate of drug-likeness (QED) is 0.932. The number of nitrogens with zero attached hydrogens (tertiary/aromatic N) is 2. The Morgan fingerprint density at radius 3 is 2.78 bits per heavy atom. The highest BCUT2D eigenvalue weighted by atomic mass is 79.9. The maximum absolute atomic E-state index is 6.04. The van der Waals surface area contributed by atoms with Crippen LogP contribution in [0.25, 0.3) is 5.69 Å². The molecule has 0 amide bonds. The molecule has 0 aliphatic carbocycles. The molecule has 18 heavy (non-hydrogen) atoms. The number of halogens is 1. The fraction of sp³-hybridized carbons (Fsp3) is 0.357. The van der Waals surface area contributed by atoms with Crippen LogP contribution in [0.2, 0.25) is 0 Å². The van der Waals surface area contributed by atoms with Crippen molar-refractivity contribution in [2.24, 2.45) is 0 Å². The van der Waals surface area contributed by atoms with Gasteiger partial charge in [-0.25, -0.2) is 4.68 Å². The van der Waals surface area contributed by atoms with Gasteiger partial charge in [-0.2, -0.15) is 5.10 Å². The van der Waals surface area contributed by atoms with E-state index in [1.165, 1.54) is 6.42 Å². The molecule has 2 N–H and O–H groups in total. The van der Waals surface area contributed by atoms with E-state index in [1.807, 2.05) is 22.9 Å². The summed E-state index contributed by atoms with van der Waals surface area (Å²) in [5.41, 5.74) is 9.30. The molecular weight excluding hydrogens is 290 g/mol. The molecular formula is C14H18BrN3. The van der Waals surface area contributed by atoms with Crippen molar-refractivity contribution in [3.05, 3.63) is 40.0 Å². The van der Waals surface area contributed by atoms with E-state index >= 15 is 0 Å². The SMILES string of the molecule is CCCCc1cc(N)n(-c2ccc(Br)cc2C)n1. The normalized spacial score (nSPS) is 10.8. The van der Waals surface area contributed by atoms with Crippen molar-refractivity contribution >= 4 is 21.7 Å². The van der Waals surface area contributed by atoms with E-state index in [4.69, 9.17) is 5.73 Å². The number of aromatic nitrogens is 2. The van der Waals surface area contributed by atoms with Crippen LogP contribution < -0.4 is 5.73 Å². The molecule has 0 spiro atoms. The molecule has 0 atom stereocenters. The van der Waals surface area contributed by atoms with Crippen molar-refractivity contribution in [1.82, 2.24) is 9.78 Å². The smallest absolute Gasteiger partial charge is 0.127 e. The summed E-state index contributed by atoms with van der Waals surface area (Å²) in [5, 5.41) is 4.58. The molecule has 0 saturated carbocycles. The molecule has 2 aromatic rings. The lowest BCUT2D eigenvalue weighted by Gasteiger charge is -2.08. The first kappa shape index (κ1) is 13.1. The number of hydrogen-bond acceptors (Lipinski definition) is 2. The highest BCUT2D eigenvalue weighted by molar-refractivity contribution is 9.10. The van der Waals surface area contributed by atoms with Crippen LogP contribution in [0, 0.1) is 6.92 Å². The highest BCUT2D eigenvalue weighted by Gasteiger charge is 2.09. The van der Waals surface area contributed by atoms with E-state index in [1.54, 1.807) is 0 Å². The lowest BCUT2D eigenvalue weighted by Crippen LogP contribution is -2.03. The predicted octanol–water partition coefficient (Wildman–Crippen LogP) is 3.87. The molecule has 0 aliphatic heterocycles. The Morgan fingerprint density at radius 1 is 1.33 bits per heavy atom. The summed E-state index contributed by atoms with van der Waals surface area (Å²) in [6, 6.07) is 8.08. The largest absolute Gasteiger partial charge is 0.384 e. The highest BCUT2D eigenvalue weighted by Crippen LogP contribution is 2.22. The predicted molar refractivity (Wildman–Crippen MR) is 79.0 cm³/mol. The second kappa shape index (κ2) is 5.57. The number of unbranched alkanes of at least 4 members (excludes halogenated alkanes) is 1. The summed E-state index contributed by atoms with van der Waals surface area (Å²) < 4.78 is 2.90. The summed E-state index contributed by atoms with van der Waals surface area (Å²) in [7, 11) is 0. The van der Waals surface area contributed by atoms with Crippen LogP contribution in [0.1, 0.15) is 31.0 Å². The van der Waals surface area contributed by atoms with Crippen LogP contribution in [0.15, 0.2) is 28.7 Å². The third kappa shape index (κ3) is 2.75. The fourth-order valence-corrected chi connectivity index (χ4v) is 2.45. The van der Waals surface area contributed by atoms with E-state index in [2.05, 4.69) is 40.9 Å². The van der Waals surface area contributed by atoms with E-state index in [0.717, 1.165) is 34.3 Å². The maximum atomic E-state index is 6.04. The Hall–Kier alpha value is -1.29. The first-order chi connectivity index (χ1) is 8.61. The summed E-state index contributed by atoms with van der Waals surface area (Å²) in [5.74, 6) is 0.700. The van der Waals surface area contributed by atoms with Crippen molar-refractivity contribution in [1.29, 1.82) is 0 Å². The third-order valence-electron chi connectivity index (χ3n) is 2.96. The first-order valence-electron chi connectivity index (χ1n) is 6.22. The van der Waals surface area contributed by atoms with Crippen molar-refractivity contribution in [3.8, 4) is 5.69 Å². The topological polar surface area (TPSA) is 43.8 Å². The van der Waals surface area contributed by atoms with Crippen LogP contribution in [-0.2, 0) is 6.42 Å². The van der Waals surface area contributed by atoms with Gasteiger partial charge in [-0.15, -0.1) is 0 Å². The summed E-state index contributed by atoms with van der Waals surface area (Å²) >= 11 is 3.47. The van der Waals surface area contributed by atoms with Crippen molar-refractivity contribution < 1.29 is 0 Å². The molecule has 1 aromatic carbocycles. The Morgan fingerprint density at radius 2 is 2.11 bits per heavy atom. The minimum absolute atomic E-state index is 0.700. The number of hydrogen-bond donors (Lipinski definition) is 1. The first-order valence-corrected chi connectivity index (χ1v) is 7.02. The lowest BCUT2D eigenvalue weighted by molar-refractivity contribution is 0.752. The molecule has 0 fully saturated rings. The van der Waals surface area contributed by atoms with E-state index in [9.17, 15) is 0 Å². The molecule has 0 bridgehead atoms. The van der Waals surface area contributed by atoms with Gasteiger partial charge in [0.05, 0.1) is 11.4 Å². The van der Waals surface area contributed by atoms with Crippen molar-refractivity contribution in [3.63, 3.8) is 0 Å². The Labute approximate surface area is 116 Å². The lowest BCUT2D eigenvalue weighted by atomic mass is 10.2. The minimum atomic E-state index is 0.700. The van der Waals surface area contributed by atoms with Crippen LogP contribution in [0.4, 0.5) is 5.82 Å². The summed E-state index contributed by atoms with van der Waals surface area (Å²) in [4.78, 5) is 0. The molecule has 4 heteroatoms. The van der Waals surface area contributed by atoms with Gasteiger partial charge in [0, 0.05) is 10.5 Å². The Balaban J connectivity index is 2.35. The molecule has 0 aliphatic rings. The number of nitrogens with two attached hydrogens (primary N) is 1. The zero-order valence-electron chi connectivity index (χ0n) is 10.8. The van der Waals surface area contributed by atoms with E-state index < -0.39 is 0 Å². The monoisotopic (exact) mass is 307 g/mol. The molecule has 1 heterocycles. The molecule has 2 rings (SSSR count). The average molecular weight is 308 g/mol. The van der Waals surface area contributed by atoms with Crippen LogP contribution in [0.3, 0.4) is 0 Å². The molecule has 96 valence electrons. The van der Waals surface area contributed by atoms with Gasteiger partial charge in [0.15, 0.2) is 0 Å². The second-order valence-corrected chi connectivity index (χ2v) is 5.42. The van der Waals surface area contributed by atoms with Gasteiger partial charge in [-0.05, 0) is 43.5 Å². The number of aryl methyl sites for hydroxylation is 2. The molecule has 0 unspecified atom stereocenters. The summed E-state index contributed by atoms with van der Waals surface area (Å²) in [6.45, 7) is 4.24. The van der Waals surface area contributed by atoms with E-state index in [-0.39, 0.29) is 0 Å². The average Bonchev–Trinajstić information content (AvgIpc) is 2.68. The zero-order valence-corrected chi connectivity index (χ0v) is 12.4. The van der Waals surface area contributed by atoms with Gasteiger partial charge in [0.2, 0.25) is 0 Å². The van der Waals surface area contributed by atoms with E-state index in [0.29, 0.717) is 5.82 Å². The summed E-state index contributed by atoms with van der Waals surface area (Å²) in [6.07, 6.45) is 3.31. The molecule has 3 nitrogen and oxygen atoms in total. The number of benzene rings is 1. The van der Waals surface area contributed by atoms with Gasteiger partial charge in [-0.3, -0.25) is 0 Å². The van der Waals surface area contributed by atoms with Gasteiger partial charge in [0.25, 0.3) is 0 Å². The number of anilines is 1.